The third kappa shape index (κ3) is 8.39. The maximum absolute atomic E-state index is 13.5. The van der Waals surface area contributed by atoms with E-state index in [2.05, 4.69) is 81.5 Å². The molecular formula is C45H56N8O5. The number of carbonyl (C=O) groups is 4. The van der Waals surface area contributed by atoms with E-state index in [-0.39, 0.29) is 47.1 Å². The second-order valence-corrected chi connectivity index (χ2v) is 17.7. The highest BCUT2D eigenvalue weighted by molar-refractivity contribution is 6.03. The summed E-state index contributed by atoms with van der Waals surface area (Å²) in [5.41, 5.74) is 4.04. The molecule has 4 fully saturated rings. The minimum atomic E-state index is -0.718. The molecule has 306 valence electrons. The van der Waals surface area contributed by atoms with E-state index in [0.717, 1.165) is 87.0 Å². The Balaban J connectivity index is 0.837. The average Bonchev–Trinajstić information content (AvgIpc) is 3.20. The molecule has 13 heteroatoms. The van der Waals surface area contributed by atoms with Crippen molar-refractivity contribution in [3.63, 3.8) is 0 Å². The van der Waals surface area contributed by atoms with Gasteiger partial charge in [0.25, 0.3) is 11.8 Å². The van der Waals surface area contributed by atoms with Gasteiger partial charge in [0.1, 0.15) is 23.7 Å². The predicted octanol–water partition coefficient (Wildman–Crippen LogP) is 4.76. The van der Waals surface area contributed by atoms with Crippen molar-refractivity contribution < 1.29 is 23.9 Å². The zero-order chi connectivity index (χ0) is 41.4. The minimum Gasteiger partial charge on any atom is -0.489 e. The number of pyridine rings is 1. The Labute approximate surface area is 341 Å². The Morgan fingerprint density at radius 1 is 0.845 bits per heavy atom. The van der Waals surface area contributed by atoms with Gasteiger partial charge in [-0.1, -0.05) is 27.7 Å². The predicted molar refractivity (Wildman–Crippen MR) is 222 cm³/mol. The molecule has 4 aliphatic rings. The second-order valence-electron chi connectivity index (χ2n) is 17.7. The van der Waals surface area contributed by atoms with Crippen LogP contribution in [0.5, 0.6) is 5.75 Å². The highest BCUT2D eigenvalue weighted by Gasteiger charge is 2.64. The third-order valence-corrected chi connectivity index (χ3v) is 12.9. The number of nitrogens with zero attached hydrogens (tertiary/aromatic N) is 5. The molecular weight excluding hydrogens is 733 g/mol. The normalized spacial score (nSPS) is 23.3. The van der Waals surface area contributed by atoms with E-state index in [1.54, 1.807) is 12.3 Å². The van der Waals surface area contributed by atoms with Gasteiger partial charge < -0.3 is 25.2 Å². The molecule has 3 saturated heterocycles. The number of nitriles is 1. The van der Waals surface area contributed by atoms with Gasteiger partial charge in [-0.25, -0.2) is 4.98 Å². The van der Waals surface area contributed by atoms with Gasteiger partial charge >= 0.3 is 0 Å². The van der Waals surface area contributed by atoms with Crippen LogP contribution in [0.25, 0.3) is 0 Å². The lowest BCUT2D eigenvalue weighted by atomic mass is 9.49. The number of carbonyl (C=O) groups excluding carboxylic acids is 4. The van der Waals surface area contributed by atoms with Gasteiger partial charge in [-0.3, -0.25) is 29.4 Å². The number of piperidine rings is 2. The highest BCUT2D eigenvalue weighted by atomic mass is 16.5. The molecule has 3 aliphatic heterocycles. The molecule has 13 nitrogen and oxygen atoms in total. The minimum absolute atomic E-state index is 0.0813. The first-order valence-corrected chi connectivity index (χ1v) is 20.6. The number of rotatable bonds is 10. The lowest BCUT2D eigenvalue weighted by Gasteiger charge is -2.63. The summed E-state index contributed by atoms with van der Waals surface area (Å²) in [6, 6.07) is 16.9. The summed E-state index contributed by atoms with van der Waals surface area (Å²) in [5, 5.41) is 17.8. The van der Waals surface area contributed by atoms with Crippen LogP contribution in [0, 0.1) is 41.9 Å². The van der Waals surface area contributed by atoms with E-state index < -0.39 is 11.9 Å². The van der Waals surface area contributed by atoms with Crippen molar-refractivity contribution in [2.75, 3.05) is 55.6 Å². The van der Waals surface area contributed by atoms with Gasteiger partial charge in [-0.15, -0.1) is 0 Å². The zero-order valence-electron chi connectivity index (χ0n) is 34.6. The molecule has 4 heterocycles. The fraction of sp³-hybridized carbons (Fsp3) is 0.511. The van der Waals surface area contributed by atoms with Crippen molar-refractivity contribution in [3.8, 4) is 11.8 Å². The molecule has 1 saturated carbocycles. The van der Waals surface area contributed by atoms with Crippen LogP contribution in [0.2, 0.25) is 0 Å². The maximum Gasteiger partial charge on any atom is 0.253 e. The van der Waals surface area contributed by atoms with Crippen LogP contribution in [0.4, 0.5) is 11.5 Å². The molecule has 3 aromatic rings. The summed E-state index contributed by atoms with van der Waals surface area (Å²) in [5.74, 6) is 0.952. The molecule has 1 atom stereocenters. The van der Waals surface area contributed by atoms with Crippen molar-refractivity contribution in [3.05, 3.63) is 82.5 Å². The average molecular weight is 789 g/mol. The van der Waals surface area contributed by atoms with Crippen LogP contribution in [0.3, 0.4) is 0 Å². The Kier molecular flexibility index (Phi) is 11.5. The number of piperazine rings is 1. The standard InChI is InChI=1S/C45H56N8O5/c1-28-23-34(24-29(2)35(28)25-46)58-43-44(3,4)42(45(43,5)6)50-39(55)31-7-10-33(11-8-31)52-17-15-30(16-18-52)27-51-19-21-53(22-20-51)37-13-9-32(26-47-37)40(56)48-36-12-14-38(54)49-41(36)57/h7-11,13,23-24,26,30,36,42-43H,12,14-22,27H2,1-6H3,(H,48,56)(H,50,55)(H,49,54,57)/t36-,42?,43?/m0/s1. The number of amides is 4. The second kappa shape index (κ2) is 16.4. The first-order valence-electron chi connectivity index (χ1n) is 20.6. The van der Waals surface area contributed by atoms with Gasteiger partial charge in [0, 0.05) is 86.6 Å². The third-order valence-electron chi connectivity index (χ3n) is 12.9. The van der Waals surface area contributed by atoms with Crippen molar-refractivity contribution in [1.82, 2.24) is 25.8 Å². The number of hydrogen-bond donors (Lipinski definition) is 3. The number of ether oxygens (including phenoxy) is 1. The van der Waals surface area contributed by atoms with Gasteiger partial charge in [-0.05, 0) is 98.7 Å². The summed E-state index contributed by atoms with van der Waals surface area (Å²) in [4.78, 5) is 61.4. The van der Waals surface area contributed by atoms with E-state index >= 15 is 0 Å². The molecule has 0 bridgehead atoms. The van der Waals surface area contributed by atoms with Crippen molar-refractivity contribution in [2.45, 2.75) is 85.4 Å². The van der Waals surface area contributed by atoms with Crippen LogP contribution in [0.15, 0.2) is 54.7 Å². The smallest absolute Gasteiger partial charge is 0.253 e. The summed E-state index contributed by atoms with van der Waals surface area (Å²) in [6.07, 6.45) is 4.15. The van der Waals surface area contributed by atoms with Crippen LogP contribution < -0.4 is 30.5 Å². The van der Waals surface area contributed by atoms with Gasteiger partial charge in [0.15, 0.2) is 0 Å². The quantitative estimate of drug-likeness (QED) is 0.245. The lowest BCUT2D eigenvalue weighted by Crippen LogP contribution is -2.74. The first-order chi connectivity index (χ1) is 27.6. The number of aryl methyl sites for hydroxylation is 2. The molecule has 3 N–H and O–H groups in total. The van der Waals surface area contributed by atoms with Crippen LogP contribution in [0.1, 0.15) is 90.8 Å². The summed E-state index contributed by atoms with van der Waals surface area (Å²) in [7, 11) is 0. The number of anilines is 2. The SMILES string of the molecule is Cc1cc(OC2C(C)(C)C(NC(=O)c3ccc(N4CCC(CN5CCN(c6ccc(C(=O)N[C@H]7CCC(=O)NC7=O)cn6)CC5)CC4)cc3)C2(C)C)cc(C)c1C#N. The number of hydrogen-bond acceptors (Lipinski definition) is 10. The molecule has 0 unspecified atom stereocenters. The van der Waals surface area contributed by atoms with Gasteiger partial charge in [-0.2, -0.15) is 5.26 Å². The lowest BCUT2D eigenvalue weighted by molar-refractivity contribution is -0.164. The maximum atomic E-state index is 13.5. The molecule has 4 amide bonds. The molecule has 1 aromatic heterocycles. The van der Waals surface area contributed by atoms with Crippen molar-refractivity contribution >= 4 is 35.1 Å². The number of imide groups is 1. The molecule has 58 heavy (non-hydrogen) atoms. The van der Waals surface area contributed by atoms with Crippen LogP contribution in [-0.2, 0) is 9.59 Å². The van der Waals surface area contributed by atoms with E-state index in [1.165, 1.54) is 0 Å². The first kappa shape index (κ1) is 40.7. The van der Waals surface area contributed by atoms with Crippen LogP contribution in [-0.4, -0.2) is 97.5 Å². The fourth-order valence-corrected chi connectivity index (χ4v) is 9.82. The van der Waals surface area contributed by atoms with Crippen LogP contribution >= 0.6 is 0 Å². The molecule has 0 spiro atoms. The molecule has 0 radical (unpaired) electrons. The Morgan fingerprint density at radius 2 is 1.47 bits per heavy atom. The Hall–Kier alpha value is -5.48. The topological polar surface area (TPSA) is 160 Å². The monoisotopic (exact) mass is 788 g/mol. The highest BCUT2D eigenvalue weighted by Crippen LogP contribution is 2.55. The fourth-order valence-electron chi connectivity index (χ4n) is 9.82. The molecule has 7 rings (SSSR count). The van der Waals surface area contributed by atoms with E-state index in [4.69, 9.17) is 4.74 Å². The largest absolute Gasteiger partial charge is 0.489 e. The molecule has 1 aliphatic carbocycles. The van der Waals surface area contributed by atoms with E-state index in [9.17, 15) is 24.4 Å². The molecule has 2 aromatic carbocycles. The summed E-state index contributed by atoms with van der Waals surface area (Å²) < 4.78 is 6.55. The Morgan fingerprint density at radius 3 is 2.05 bits per heavy atom. The summed E-state index contributed by atoms with van der Waals surface area (Å²) in [6.45, 7) is 19.1. The number of benzene rings is 2. The van der Waals surface area contributed by atoms with E-state index in [1.807, 2.05) is 44.2 Å². The van der Waals surface area contributed by atoms with Crippen molar-refractivity contribution in [2.24, 2.45) is 16.7 Å². The number of aromatic nitrogens is 1. The Bertz CT molecular complexity index is 2040. The van der Waals surface area contributed by atoms with Crippen molar-refractivity contribution in [1.29, 1.82) is 5.26 Å². The number of nitrogens with one attached hydrogen (secondary N) is 3. The van der Waals surface area contributed by atoms with E-state index in [0.29, 0.717) is 29.0 Å². The van der Waals surface area contributed by atoms with Gasteiger partial charge in [0.05, 0.1) is 17.2 Å². The summed E-state index contributed by atoms with van der Waals surface area (Å²) >= 11 is 0. The van der Waals surface area contributed by atoms with Gasteiger partial charge in [0.2, 0.25) is 11.8 Å². The zero-order valence-corrected chi connectivity index (χ0v) is 34.6.